The highest BCUT2D eigenvalue weighted by Crippen LogP contribution is 2.23. The molecule has 0 atom stereocenters. The molecule has 8 heteroatoms. The Bertz CT molecular complexity index is 707. The lowest BCUT2D eigenvalue weighted by molar-refractivity contribution is 0.0375. The third-order valence-corrected chi connectivity index (χ3v) is 3.56. The van der Waals surface area contributed by atoms with Gasteiger partial charge in [-0.15, -0.1) is 0 Å². The van der Waals surface area contributed by atoms with Gasteiger partial charge in [0.2, 0.25) is 5.96 Å². The number of hydrogen-bond donors (Lipinski definition) is 0. The van der Waals surface area contributed by atoms with Gasteiger partial charge in [0.1, 0.15) is 17.0 Å². The van der Waals surface area contributed by atoms with Crippen LogP contribution in [0.1, 0.15) is 41.5 Å². The van der Waals surface area contributed by atoms with Crippen LogP contribution in [0, 0.1) is 0 Å². The Labute approximate surface area is 166 Å². The van der Waals surface area contributed by atoms with E-state index < -0.39 is 23.4 Å². The van der Waals surface area contributed by atoms with Crippen molar-refractivity contribution in [3.05, 3.63) is 24.3 Å². The molecule has 1 saturated heterocycles. The third kappa shape index (κ3) is 5.87. The molecule has 2 amide bonds. The smallest absolute Gasteiger partial charge is 0.417 e. The molecule has 0 N–H and O–H groups in total. The molecule has 8 nitrogen and oxygen atoms in total. The number of carbonyl (C=O) groups excluding carboxylic acids is 2. The molecule has 28 heavy (non-hydrogen) atoms. The summed E-state index contributed by atoms with van der Waals surface area (Å²) >= 11 is 0. The predicted molar refractivity (Wildman–Crippen MR) is 106 cm³/mol. The van der Waals surface area contributed by atoms with Crippen LogP contribution in [-0.4, -0.2) is 59.3 Å². The van der Waals surface area contributed by atoms with Gasteiger partial charge in [0.25, 0.3) is 0 Å². The summed E-state index contributed by atoms with van der Waals surface area (Å²) in [6.45, 7) is 11.2. The molecule has 1 aromatic carbocycles. The molecule has 0 spiro atoms. The Morgan fingerprint density at radius 1 is 0.857 bits per heavy atom. The molecule has 154 valence electrons. The molecule has 1 aliphatic rings. The molecular weight excluding hydrogens is 362 g/mol. The quantitative estimate of drug-likeness (QED) is 0.756. The standard InChI is InChI=1S/C20H29N3O5/c1-19(2,3)27-17(24)22-12-13-23(18(25)28-20(4,5)6)16(22)21-14-8-10-15(26-7)11-9-14/h8-11H,12-13H2,1-7H3. The van der Waals surface area contributed by atoms with E-state index in [9.17, 15) is 9.59 Å². The van der Waals surface area contributed by atoms with Crippen molar-refractivity contribution in [1.82, 2.24) is 9.80 Å². The van der Waals surface area contributed by atoms with Gasteiger partial charge in [0, 0.05) is 0 Å². The van der Waals surface area contributed by atoms with E-state index in [4.69, 9.17) is 14.2 Å². The molecule has 1 aliphatic heterocycles. The molecule has 0 radical (unpaired) electrons. The number of guanidine groups is 1. The second kappa shape index (κ2) is 8.08. The maximum atomic E-state index is 12.6. The molecule has 1 aromatic rings. The Hall–Kier alpha value is -2.77. The minimum Gasteiger partial charge on any atom is -0.497 e. The SMILES string of the molecule is COc1ccc(N=C2N(C(=O)OC(C)(C)C)CCN2C(=O)OC(C)(C)C)cc1. The van der Waals surface area contributed by atoms with Crippen molar-refractivity contribution in [2.24, 2.45) is 4.99 Å². The molecule has 0 aromatic heterocycles. The summed E-state index contributed by atoms with van der Waals surface area (Å²) in [5.41, 5.74) is -0.761. The zero-order chi connectivity index (χ0) is 21.1. The van der Waals surface area contributed by atoms with Crippen molar-refractivity contribution in [2.75, 3.05) is 20.2 Å². The van der Waals surface area contributed by atoms with E-state index in [1.165, 1.54) is 9.80 Å². The lowest BCUT2D eigenvalue weighted by atomic mass is 10.2. The number of hydrogen-bond acceptors (Lipinski definition) is 6. The lowest BCUT2D eigenvalue weighted by Gasteiger charge is -2.27. The molecule has 1 heterocycles. The largest absolute Gasteiger partial charge is 0.497 e. The van der Waals surface area contributed by atoms with Gasteiger partial charge in [-0.3, -0.25) is 0 Å². The first kappa shape index (κ1) is 21.5. The number of methoxy groups -OCH3 is 1. The third-order valence-electron chi connectivity index (χ3n) is 3.56. The maximum Gasteiger partial charge on any atom is 0.417 e. The molecule has 0 unspecified atom stereocenters. The number of rotatable bonds is 2. The van der Waals surface area contributed by atoms with E-state index in [1.807, 2.05) is 0 Å². The van der Waals surface area contributed by atoms with Crippen molar-refractivity contribution >= 4 is 23.8 Å². The van der Waals surface area contributed by atoms with Crippen molar-refractivity contribution in [2.45, 2.75) is 52.7 Å². The highest BCUT2D eigenvalue weighted by Gasteiger charge is 2.39. The van der Waals surface area contributed by atoms with Crippen LogP contribution in [0.4, 0.5) is 15.3 Å². The van der Waals surface area contributed by atoms with Gasteiger partial charge in [-0.1, -0.05) is 0 Å². The second-order valence-electron chi connectivity index (χ2n) is 8.37. The molecule has 0 bridgehead atoms. The summed E-state index contributed by atoms with van der Waals surface area (Å²) < 4.78 is 16.1. The molecule has 1 fully saturated rings. The van der Waals surface area contributed by atoms with Crippen LogP contribution >= 0.6 is 0 Å². The van der Waals surface area contributed by atoms with Crippen LogP contribution in [0.3, 0.4) is 0 Å². The van der Waals surface area contributed by atoms with Gasteiger partial charge in [0.05, 0.1) is 25.9 Å². The van der Waals surface area contributed by atoms with Crippen molar-refractivity contribution in [3.8, 4) is 5.75 Å². The molecular formula is C20H29N3O5. The van der Waals surface area contributed by atoms with Crippen molar-refractivity contribution in [1.29, 1.82) is 0 Å². The van der Waals surface area contributed by atoms with Crippen molar-refractivity contribution in [3.63, 3.8) is 0 Å². The molecule has 2 rings (SSSR count). The fourth-order valence-corrected chi connectivity index (χ4v) is 2.42. The maximum absolute atomic E-state index is 12.6. The highest BCUT2D eigenvalue weighted by atomic mass is 16.6. The fraction of sp³-hybridized carbons (Fsp3) is 0.550. The number of amides is 2. The average Bonchev–Trinajstić information content (AvgIpc) is 2.96. The van der Waals surface area contributed by atoms with E-state index >= 15 is 0 Å². The van der Waals surface area contributed by atoms with Gasteiger partial charge in [-0.05, 0) is 65.8 Å². The van der Waals surface area contributed by atoms with Crippen LogP contribution in [0.25, 0.3) is 0 Å². The molecule has 0 saturated carbocycles. The number of ether oxygens (including phenoxy) is 3. The van der Waals surface area contributed by atoms with E-state index in [-0.39, 0.29) is 19.0 Å². The van der Waals surface area contributed by atoms with E-state index in [1.54, 1.807) is 72.9 Å². The minimum atomic E-state index is -0.665. The first-order valence-corrected chi connectivity index (χ1v) is 9.13. The van der Waals surface area contributed by atoms with Crippen LogP contribution in [0.15, 0.2) is 29.3 Å². The average molecular weight is 391 g/mol. The lowest BCUT2D eigenvalue weighted by Crippen LogP contribution is -2.44. The highest BCUT2D eigenvalue weighted by molar-refractivity contribution is 6.04. The summed E-state index contributed by atoms with van der Waals surface area (Å²) in [6.07, 6.45) is -1.13. The zero-order valence-corrected chi connectivity index (χ0v) is 17.6. The molecule has 0 aliphatic carbocycles. The number of carbonyl (C=O) groups is 2. The Kier molecular flexibility index (Phi) is 6.21. The van der Waals surface area contributed by atoms with Crippen LogP contribution in [-0.2, 0) is 9.47 Å². The van der Waals surface area contributed by atoms with Gasteiger partial charge in [-0.2, -0.15) is 0 Å². The number of benzene rings is 1. The monoisotopic (exact) mass is 391 g/mol. The summed E-state index contributed by atoms with van der Waals surface area (Å²) in [7, 11) is 1.58. The summed E-state index contributed by atoms with van der Waals surface area (Å²) in [4.78, 5) is 32.5. The number of nitrogens with zero attached hydrogens (tertiary/aromatic N) is 3. The van der Waals surface area contributed by atoms with Crippen LogP contribution in [0.2, 0.25) is 0 Å². The van der Waals surface area contributed by atoms with E-state index in [2.05, 4.69) is 4.99 Å². The first-order chi connectivity index (χ1) is 12.9. The topological polar surface area (TPSA) is 80.7 Å². The zero-order valence-electron chi connectivity index (χ0n) is 17.6. The Morgan fingerprint density at radius 2 is 1.29 bits per heavy atom. The predicted octanol–water partition coefficient (Wildman–Crippen LogP) is 4.17. The Morgan fingerprint density at radius 3 is 1.64 bits per heavy atom. The minimum absolute atomic E-state index is 0.175. The van der Waals surface area contributed by atoms with Crippen LogP contribution in [0.5, 0.6) is 5.75 Å². The van der Waals surface area contributed by atoms with Crippen LogP contribution < -0.4 is 4.74 Å². The Balaban J connectivity index is 2.36. The van der Waals surface area contributed by atoms with Crippen molar-refractivity contribution < 1.29 is 23.8 Å². The first-order valence-electron chi connectivity index (χ1n) is 9.13. The summed E-state index contributed by atoms with van der Waals surface area (Å²) in [6, 6.07) is 6.99. The van der Waals surface area contributed by atoms with Gasteiger partial charge in [0.15, 0.2) is 0 Å². The fourth-order valence-electron chi connectivity index (χ4n) is 2.42. The number of aliphatic imine (C=N–C) groups is 1. The normalized spacial score (nSPS) is 14.8. The second-order valence-corrected chi connectivity index (χ2v) is 8.37. The van der Waals surface area contributed by atoms with E-state index in [0.717, 1.165) is 0 Å². The van der Waals surface area contributed by atoms with Gasteiger partial charge >= 0.3 is 12.2 Å². The summed E-state index contributed by atoms with van der Waals surface area (Å²) in [5, 5.41) is 0. The summed E-state index contributed by atoms with van der Waals surface area (Å²) in [5.74, 6) is 0.858. The van der Waals surface area contributed by atoms with Gasteiger partial charge < -0.3 is 14.2 Å². The van der Waals surface area contributed by atoms with Gasteiger partial charge in [-0.25, -0.2) is 24.4 Å². The van der Waals surface area contributed by atoms with E-state index in [0.29, 0.717) is 11.4 Å².